The first kappa shape index (κ1) is 13.3. The number of hydrogen-bond acceptors (Lipinski definition) is 5. The number of hydrogen-bond donors (Lipinski definition) is 1. The highest BCUT2D eigenvalue weighted by Gasteiger charge is 2.27. The zero-order valence-corrected chi connectivity index (χ0v) is 12.6. The maximum absolute atomic E-state index is 12.3. The predicted molar refractivity (Wildman–Crippen MR) is 77.2 cm³/mol. The van der Waals surface area contributed by atoms with Crippen molar-refractivity contribution in [3.05, 3.63) is 27.6 Å². The van der Waals surface area contributed by atoms with Gasteiger partial charge in [-0.2, -0.15) is 0 Å². The fourth-order valence-corrected chi connectivity index (χ4v) is 3.25. The van der Waals surface area contributed by atoms with E-state index < -0.39 is 0 Å². The quantitative estimate of drug-likeness (QED) is 0.923. The van der Waals surface area contributed by atoms with E-state index in [1.807, 2.05) is 13.8 Å². The molecule has 0 saturated heterocycles. The second-order valence-corrected chi connectivity index (χ2v) is 6.60. The zero-order chi connectivity index (χ0) is 14.3. The van der Waals surface area contributed by atoms with Crippen molar-refractivity contribution in [1.29, 1.82) is 0 Å². The highest BCUT2D eigenvalue weighted by molar-refractivity contribution is 7.15. The Hall–Kier alpha value is -1.69. The summed E-state index contributed by atoms with van der Waals surface area (Å²) >= 11 is 1.48. The normalized spacial score (nSPS) is 17.9. The summed E-state index contributed by atoms with van der Waals surface area (Å²) in [4.78, 5) is 17.7. The Morgan fingerprint density at radius 3 is 2.95 bits per heavy atom. The maximum Gasteiger partial charge on any atom is 0.279 e. The molecule has 0 radical (unpaired) electrons. The van der Waals surface area contributed by atoms with Gasteiger partial charge in [-0.05, 0) is 32.6 Å². The average Bonchev–Trinajstić information content (AvgIpc) is 2.93. The van der Waals surface area contributed by atoms with Crippen molar-refractivity contribution in [3.8, 4) is 0 Å². The van der Waals surface area contributed by atoms with Gasteiger partial charge < -0.3 is 4.52 Å². The summed E-state index contributed by atoms with van der Waals surface area (Å²) in [5.41, 5.74) is 2.32. The van der Waals surface area contributed by atoms with Gasteiger partial charge in [0.1, 0.15) is 5.76 Å². The van der Waals surface area contributed by atoms with E-state index >= 15 is 0 Å². The second-order valence-electron chi connectivity index (χ2n) is 5.40. The number of aromatic nitrogens is 2. The molecule has 20 heavy (non-hydrogen) atoms. The zero-order valence-electron chi connectivity index (χ0n) is 11.8. The summed E-state index contributed by atoms with van der Waals surface area (Å²) in [5, 5.41) is 7.38. The lowest BCUT2D eigenvalue weighted by molar-refractivity contribution is 0.101. The molecule has 106 valence electrons. The minimum absolute atomic E-state index is 0.224. The summed E-state index contributed by atoms with van der Waals surface area (Å²) in [6.07, 6.45) is 2.82. The molecule has 1 N–H and O–H groups in total. The van der Waals surface area contributed by atoms with Crippen LogP contribution in [0.2, 0.25) is 0 Å². The van der Waals surface area contributed by atoms with Crippen molar-refractivity contribution < 1.29 is 9.32 Å². The van der Waals surface area contributed by atoms with E-state index in [4.69, 9.17) is 4.52 Å². The maximum atomic E-state index is 12.3. The summed E-state index contributed by atoms with van der Waals surface area (Å²) in [6, 6.07) is 0. The van der Waals surface area contributed by atoms with Crippen LogP contribution in [0.3, 0.4) is 0 Å². The van der Waals surface area contributed by atoms with Crippen LogP contribution in [0.5, 0.6) is 0 Å². The Morgan fingerprint density at radius 1 is 1.45 bits per heavy atom. The van der Waals surface area contributed by atoms with Crippen LogP contribution in [0, 0.1) is 19.8 Å². The molecule has 2 aromatic rings. The number of carbonyl (C=O) groups is 1. The van der Waals surface area contributed by atoms with Crippen LogP contribution >= 0.6 is 11.3 Å². The Morgan fingerprint density at radius 2 is 2.25 bits per heavy atom. The van der Waals surface area contributed by atoms with E-state index in [1.165, 1.54) is 11.3 Å². The monoisotopic (exact) mass is 291 g/mol. The van der Waals surface area contributed by atoms with Crippen molar-refractivity contribution in [1.82, 2.24) is 10.1 Å². The summed E-state index contributed by atoms with van der Waals surface area (Å²) in [6.45, 7) is 6.11. The molecule has 1 amide bonds. The molecule has 0 aliphatic heterocycles. The molecule has 1 atom stereocenters. The molecule has 6 heteroatoms. The molecular weight excluding hydrogens is 274 g/mol. The van der Waals surface area contributed by atoms with Crippen molar-refractivity contribution in [2.75, 3.05) is 5.32 Å². The number of anilines is 1. The standard InChI is InChI=1S/C14H17N3O2S/c1-7-4-5-11-10(6-7)12(17-19-11)13(18)16-14-15-8(2)9(3)20-14/h7H,4-6H2,1-3H3,(H,15,16,18). The van der Waals surface area contributed by atoms with Gasteiger partial charge in [0, 0.05) is 16.9 Å². The van der Waals surface area contributed by atoms with Crippen LogP contribution < -0.4 is 5.32 Å². The molecule has 2 aromatic heterocycles. The van der Waals surface area contributed by atoms with E-state index in [0.29, 0.717) is 16.7 Å². The summed E-state index contributed by atoms with van der Waals surface area (Å²) in [7, 11) is 0. The van der Waals surface area contributed by atoms with E-state index in [-0.39, 0.29) is 5.91 Å². The van der Waals surface area contributed by atoms with Crippen molar-refractivity contribution in [2.45, 2.75) is 40.0 Å². The minimum Gasteiger partial charge on any atom is -0.360 e. The second kappa shape index (κ2) is 5.01. The number of thiazole rings is 1. The number of nitrogens with zero attached hydrogens (tertiary/aromatic N) is 2. The predicted octanol–water partition coefficient (Wildman–Crippen LogP) is 3.13. The molecular formula is C14H17N3O2S. The SMILES string of the molecule is Cc1nc(NC(=O)c2noc3c2CC(C)CC3)sc1C. The molecule has 0 saturated carbocycles. The van der Waals surface area contributed by atoms with Gasteiger partial charge in [0.2, 0.25) is 0 Å². The highest BCUT2D eigenvalue weighted by Crippen LogP contribution is 2.29. The number of rotatable bonds is 2. The van der Waals surface area contributed by atoms with Crippen molar-refractivity contribution in [3.63, 3.8) is 0 Å². The van der Waals surface area contributed by atoms with Crippen LogP contribution in [0.1, 0.15) is 45.7 Å². The van der Waals surface area contributed by atoms with Crippen molar-refractivity contribution in [2.24, 2.45) is 5.92 Å². The lowest BCUT2D eigenvalue weighted by Crippen LogP contribution is -2.17. The first-order valence-corrected chi connectivity index (χ1v) is 7.59. The topological polar surface area (TPSA) is 68.0 Å². The van der Waals surface area contributed by atoms with Crippen LogP contribution in [0.4, 0.5) is 5.13 Å². The molecule has 3 rings (SSSR count). The van der Waals surface area contributed by atoms with Gasteiger partial charge in [-0.25, -0.2) is 4.98 Å². The lowest BCUT2D eigenvalue weighted by atomic mass is 9.88. The van der Waals surface area contributed by atoms with Gasteiger partial charge in [-0.3, -0.25) is 10.1 Å². The number of carbonyl (C=O) groups excluding carboxylic acids is 1. The van der Waals surface area contributed by atoms with Crippen LogP contribution in [0.25, 0.3) is 0 Å². The summed E-state index contributed by atoms with van der Waals surface area (Å²) in [5.74, 6) is 1.20. The third kappa shape index (κ3) is 2.35. The van der Waals surface area contributed by atoms with E-state index in [1.54, 1.807) is 0 Å². The van der Waals surface area contributed by atoms with Crippen LogP contribution in [-0.2, 0) is 12.8 Å². The van der Waals surface area contributed by atoms with Crippen molar-refractivity contribution >= 4 is 22.4 Å². The Bertz CT molecular complexity index is 640. The Kier molecular flexibility index (Phi) is 3.33. The molecule has 2 heterocycles. The highest BCUT2D eigenvalue weighted by atomic mass is 32.1. The molecule has 0 aromatic carbocycles. The Balaban J connectivity index is 1.83. The minimum atomic E-state index is -0.224. The number of nitrogens with one attached hydrogen (secondary N) is 1. The molecule has 0 bridgehead atoms. The van der Waals surface area contributed by atoms with E-state index in [9.17, 15) is 4.79 Å². The molecule has 1 aliphatic carbocycles. The fourth-order valence-electron chi connectivity index (χ4n) is 2.44. The summed E-state index contributed by atoms with van der Waals surface area (Å²) < 4.78 is 5.30. The first-order valence-electron chi connectivity index (χ1n) is 6.77. The van der Waals surface area contributed by atoms with Gasteiger partial charge in [0.05, 0.1) is 5.69 Å². The van der Waals surface area contributed by atoms with Gasteiger partial charge in [0.15, 0.2) is 10.8 Å². The third-order valence-corrected chi connectivity index (χ3v) is 4.74. The first-order chi connectivity index (χ1) is 9.54. The van der Waals surface area contributed by atoms with E-state index in [2.05, 4.69) is 22.4 Å². The lowest BCUT2D eigenvalue weighted by Gasteiger charge is -2.16. The molecule has 5 nitrogen and oxygen atoms in total. The number of amides is 1. The van der Waals surface area contributed by atoms with Gasteiger partial charge in [-0.1, -0.05) is 12.1 Å². The Labute approximate surface area is 121 Å². The third-order valence-electron chi connectivity index (χ3n) is 3.75. The number of fused-ring (bicyclic) bond motifs is 1. The number of aryl methyl sites for hydroxylation is 3. The van der Waals surface area contributed by atoms with Crippen LogP contribution in [0.15, 0.2) is 4.52 Å². The largest absolute Gasteiger partial charge is 0.360 e. The fraction of sp³-hybridized carbons (Fsp3) is 0.500. The molecule has 1 unspecified atom stereocenters. The average molecular weight is 291 g/mol. The van der Waals surface area contributed by atoms with Crippen LogP contribution in [-0.4, -0.2) is 16.0 Å². The van der Waals surface area contributed by atoms with Gasteiger partial charge in [0.25, 0.3) is 5.91 Å². The van der Waals surface area contributed by atoms with E-state index in [0.717, 1.165) is 41.2 Å². The molecule has 0 fully saturated rings. The molecule has 0 spiro atoms. The smallest absolute Gasteiger partial charge is 0.279 e. The molecule has 1 aliphatic rings. The van der Waals surface area contributed by atoms with Gasteiger partial charge in [-0.15, -0.1) is 11.3 Å². The van der Waals surface area contributed by atoms with Gasteiger partial charge >= 0.3 is 0 Å².